The third-order valence-corrected chi connectivity index (χ3v) is 1.51. The van der Waals surface area contributed by atoms with E-state index >= 15 is 0 Å². The summed E-state index contributed by atoms with van der Waals surface area (Å²) >= 11 is 0. The van der Waals surface area contributed by atoms with Gasteiger partial charge in [-0.3, -0.25) is 0 Å². The van der Waals surface area contributed by atoms with Crippen LogP contribution in [0.5, 0.6) is 11.5 Å². The van der Waals surface area contributed by atoms with E-state index in [9.17, 15) is 0 Å². The Balaban J connectivity index is 2.99. The molecule has 1 aromatic carbocycles. The summed E-state index contributed by atoms with van der Waals surface area (Å²) in [4.78, 5) is 4.59. The first kappa shape index (κ1) is 7.88. The summed E-state index contributed by atoms with van der Waals surface area (Å²) in [6.45, 7) is 1.91. The summed E-state index contributed by atoms with van der Waals surface area (Å²) in [5.41, 5.74) is 0.965. The zero-order valence-corrected chi connectivity index (χ0v) is 6.63. The molecule has 0 bridgehead atoms. The molecule has 0 saturated carbocycles. The number of aryl methyl sites for hydroxylation is 1. The molecule has 2 N–H and O–H groups in total. The number of hydrogen-bond donors (Lipinski definition) is 1. The minimum absolute atomic E-state index is 0.672. The van der Waals surface area contributed by atoms with Crippen LogP contribution in [-0.4, -0.2) is 7.11 Å². The minimum atomic E-state index is 0.672. The van der Waals surface area contributed by atoms with Crippen molar-refractivity contribution in [1.82, 2.24) is 0 Å². The van der Waals surface area contributed by atoms with Gasteiger partial charge in [0, 0.05) is 0 Å². The molecule has 0 radical (unpaired) electrons. The van der Waals surface area contributed by atoms with E-state index in [1.54, 1.807) is 19.2 Å². The van der Waals surface area contributed by atoms with Gasteiger partial charge >= 0.3 is 0 Å². The maximum Gasteiger partial charge on any atom is 0.149 e. The Morgan fingerprint density at radius 3 is 2.55 bits per heavy atom. The van der Waals surface area contributed by atoms with Crippen molar-refractivity contribution in [1.29, 1.82) is 0 Å². The zero-order valence-electron chi connectivity index (χ0n) is 6.63. The Bertz CT molecular complexity index is 248. The van der Waals surface area contributed by atoms with Crippen LogP contribution in [0.4, 0.5) is 0 Å². The molecule has 0 atom stereocenters. The largest absolute Gasteiger partial charge is 0.497 e. The lowest BCUT2D eigenvalue weighted by Gasteiger charge is -2.04. The van der Waals surface area contributed by atoms with Crippen LogP contribution in [0.3, 0.4) is 0 Å². The number of ether oxygens (including phenoxy) is 1. The highest BCUT2D eigenvalue weighted by Gasteiger charge is 1.98. The lowest BCUT2D eigenvalue weighted by molar-refractivity contribution is 0.331. The molecule has 0 spiro atoms. The summed E-state index contributed by atoms with van der Waals surface area (Å²) in [5, 5.41) is 0. The fourth-order valence-corrected chi connectivity index (χ4v) is 0.881. The summed E-state index contributed by atoms with van der Waals surface area (Å²) in [7, 11) is 1.62. The zero-order chi connectivity index (χ0) is 8.27. The van der Waals surface area contributed by atoms with E-state index in [0.29, 0.717) is 5.75 Å². The lowest BCUT2D eigenvalue weighted by Crippen LogP contribution is -2.03. The van der Waals surface area contributed by atoms with Gasteiger partial charge in [0.1, 0.15) is 11.5 Å². The van der Waals surface area contributed by atoms with E-state index in [1.807, 2.05) is 13.0 Å². The molecule has 0 aliphatic rings. The van der Waals surface area contributed by atoms with E-state index < -0.39 is 0 Å². The number of rotatable bonds is 2. The van der Waals surface area contributed by atoms with Crippen LogP contribution in [0.15, 0.2) is 18.2 Å². The van der Waals surface area contributed by atoms with Crippen LogP contribution in [0.1, 0.15) is 5.56 Å². The highest BCUT2D eigenvalue weighted by molar-refractivity contribution is 5.38. The van der Waals surface area contributed by atoms with Gasteiger partial charge < -0.3 is 9.57 Å². The van der Waals surface area contributed by atoms with Crippen molar-refractivity contribution in [3.8, 4) is 11.5 Å². The van der Waals surface area contributed by atoms with Gasteiger partial charge in [-0.1, -0.05) is 0 Å². The molecule has 1 aromatic rings. The van der Waals surface area contributed by atoms with Gasteiger partial charge in [0.25, 0.3) is 0 Å². The van der Waals surface area contributed by atoms with Gasteiger partial charge in [-0.15, -0.1) is 0 Å². The molecule has 60 valence electrons. The van der Waals surface area contributed by atoms with Crippen molar-refractivity contribution in [2.45, 2.75) is 6.92 Å². The third-order valence-electron chi connectivity index (χ3n) is 1.51. The quantitative estimate of drug-likeness (QED) is 0.650. The maximum absolute atomic E-state index is 5.00. The molecule has 0 saturated heterocycles. The van der Waals surface area contributed by atoms with Gasteiger partial charge in [-0.2, -0.15) is 5.90 Å². The minimum Gasteiger partial charge on any atom is -0.497 e. The predicted octanol–water partition coefficient (Wildman–Crippen LogP) is 1.26. The second-order valence-corrected chi connectivity index (χ2v) is 2.25. The average Bonchev–Trinajstić information content (AvgIpc) is 2.04. The molecule has 0 aliphatic heterocycles. The molecule has 3 heteroatoms. The van der Waals surface area contributed by atoms with Crippen LogP contribution in [0, 0.1) is 6.92 Å². The van der Waals surface area contributed by atoms with Crippen molar-refractivity contribution in [2.24, 2.45) is 5.90 Å². The Morgan fingerprint density at radius 1 is 1.36 bits per heavy atom. The summed E-state index contributed by atoms with van der Waals surface area (Å²) in [6, 6.07) is 5.44. The summed E-state index contributed by atoms with van der Waals surface area (Å²) in [5.74, 6) is 6.48. The number of benzene rings is 1. The van der Waals surface area contributed by atoms with E-state index in [1.165, 1.54) is 0 Å². The van der Waals surface area contributed by atoms with Crippen LogP contribution in [0.2, 0.25) is 0 Å². The molecular weight excluding hydrogens is 142 g/mol. The van der Waals surface area contributed by atoms with Crippen molar-refractivity contribution in [3.63, 3.8) is 0 Å². The Labute approximate surface area is 65.7 Å². The number of nitrogens with two attached hydrogens (primary N) is 1. The number of methoxy groups -OCH3 is 1. The van der Waals surface area contributed by atoms with E-state index in [0.717, 1.165) is 11.3 Å². The summed E-state index contributed by atoms with van der Waals surface area (Å²) < 4.78 is 5.00. The highest BCUT2D eigenvalue weighted by atomic mass is 16.6. The third kappa shape index (κ3) is 1.62. The van der Waals surface area contributed by atoms with E-state index in [2.05, 4.69) is 4.84 Å². The first-order valence-corrected chi connectivity index (χ1v) is 3.29. The van der Waals surface area contributed by atoms with Gasteiger partial charge in [0.15, 0.2) is 0 Å². The molecule has 11 heavy (non-hydrogen) atoms. The fraction of sp³-hybridized carbons (Fsp3) is 0.250. The highest BCUT2D eigenvalue weighted by Crippen LogP contribution is 2.21. The molecule has 0 fully saturated rings. The normalized spacial score (nSPS) is 9.36. The van der Waals surface area contributed by atoms with E-state index in [-0.39, 0.29) is 0 Å². The monoisotopic (exact) mass is 153 g/mol. The van der Waals surface area contributed by atoms with Crippen LogP contribution in [-0.2, 0) is 0 Å². The SMILES string of the molecule is COc1ccc(ON)c(C)c1. The van der Waals surface area contributed by atoms with Gasteiger partial charge in [-0.25, -0.2) is 0 Å². The molecule has 1 rings (SSSR count). The maximum atomic E-state index is 5.00. The second kappa shape index (κ2) is 3.25. The number of hydrogen-bond acceptors (Lipinski definition) is 3. The van der Waals surface area contributed by atoms with Crippen molar-refractivity contribution in [3.05, 3.63) is 23.8 Å². The predicted molar refractivity (Wildman–Crippen MR) is 42.5 cm³/mol. The topological polar surface area (TPSA) is 44.5 Å². The van der Waals surface area contributed by atoms with Crippen LogP contribution < -0.4 is 15.5 Å². The Hall–Kier alpha value is -1.22. The average molecular weight is 153 g/mol. The van der Waals surface area contributed by atoms with Crippen molar-refractivity contribution >= 4 is 0 Å². The Morgan fingerprint density at radius 2 is 2.09 bits per heavy atom. The lowest BCUT2D eigenvalue weighted by atomic mass is 10.2. The van der Waals surface area contributed by atoms with E-state index in [4.69, 9.17) is 10.6 Å². The van der Waals surface area contributed by atoms with Gasteiger partial charge in [-0.05, 0) is 30.7 Å². The van der Waals surface area contributed by atoms with Crippen molar-refractivity contribution < 1.29 is 9.57 Å². The second-order valence-electron chi connectivity index (χ2n) is 2.25. The van der Waals surface area contributed by atoms with Crippen molar-refractivity contribution in [2.75, 3.05) is 7.11 Å². The van der Waals surface area contributed by atoms with Crippen LogP contribution in [0.25, 0.3) is 0 Å². The first-order chi connectivity index (χ1) is 5.27. The fourth-order valence-electron chi connectivity index (χ4n) is 0.881. The molecule has 0 aliphatic carbocycles. The van der Waals surface area contributed by atoms with Crippen LogP contribution >= 0.6 is 0 Å². The smallest absolute Gasteiger partial charge is 0.149 e. The Kier molecular flexibility index (Phi) is 2.33. The van der Waals surface area contributed by atoms with Gasteiger partial charge in [0.2, 0.25) is 0 Å². The molecular formula is C8H11NO2. The first-order valence-electron chi connectivity index (χ1n) is 3.29. The molecule has 0 heterocycles. The van der Waals surface area contributed by atoms with Gasteiger partial charge in [0.05, 0.1) is 7.11 Å². The standard InChI is InChI=1S/C8H11NO2/c1-6-5-7(10-2)3-4-8(6)11-9/h3-5H,9H2,1-2H3. The molecule has 3 nitrogen and oxygen atoms in total. The molecule has 0 amide bonds. The summed E-state index contributed by atoms with van der Waals surface area (Å²) in [6.07, 6.45) is 0. The molecule has 0 aromatic heterocycles. The molecule has 0 unspecified atom stereocenters.